The minimum Gasteiger partial charge on any atom is -0.481 e. The number of hydrogen-bond donors (Lipinski definition) is 1. The molecule has 1 rings (SSSR count). The molecule has 0 fully saturated rings. The summed E-state index contributed by atoms with van der Waals surface area (Å²) in [6.07, 6.45) is 2.32. The molecular formula is C12H21N3O2S2. The van der Waals surface area contributed by atoms with Gasteiger partial charge in [0.05, 0.1) is 5.75 Å². The number of carbonyl (C=O) groups is 1. The van der Waals surface area contributed by atoms with Crippen molar-refractivity contribution in [1.82, 2.24) is 10.2 Å². The normalized spacial score (nSPS) is 10.9. The Labute approximate surface area is 122 Å². The van der Waals surface area contributed by atoms with E-state index < -0.39 is 5.97 Å². The van der Waals surface area contributed by atoms with Crippen LogP contribution in [0, 0.1) is 5.92 Å². The maximum atomic E-state index is 10.5. The van der Waals surface area contributed by atoms with E-state index in [1.54, 1.807) is 0 Å². The van der Waals surface area contributed by atoms with Crippen LogP contribution >= 0.6 is 23.1 Å². The Morgan fingerprint density at radius 3 is 2.58 bits per heavy atom. The molecular weight excluding hydrogens is 282 g/mol. The van der Waals surface area contributed by atoms with Gasteiger partial charge in [0.25, 0.3) is 0 Å². The van der Waals surface area contributed by atoms with E-state index in [0.29, 0.717) is 5.92 Å². The number of thioether (sulfide) groups is 1. The van der Waals surface area contributed by atoms with E-state index in [1.807, 2.05) is 0 Å². The van der Waals surface area contributed by atoms with Gasteiger partial charge >= 0.3 is 5.97 Å². The van der Waals surface area contributed by atoms with E-state index in [-0.39, 0.29) is 5.75 Å². The predicted octanol–water partition coefficient (Wildman–Crippen LogP) is 2.98. The molecule has 0 spiro atoms. The minimum absolute atomic E-state index is 0.0350. The molecule has 0 aliphatic rings. The van der Waals surface area contributed by atoms with Crippen LogP contribution in [0.1, 0.15) is 33.6 Å². The highest BCUT2D eigenvalue weighted by atomic mass is 32.2. The molecule has 0 saturated carbocycles. The smallest absolute Gasteiger partial charge is 0.313 e. The van der Waals surface area contributed by atoms with Crippen molar-refractivity contribution in [2.45, 2.75) is 38.0 Å². The second kappa shape index (κ2) is 8.37. The number of carboxylic acid groups (broad SMARTS) is 1. The van der Waals surface area contributed by atoms with Gasteiger partial charge in [0, 0.05) is 13.1 Å². The zero-order chi connectivity index (χ0) is 14.3. The average Bonchev–Trinajstić information content (AvgIpc) is 2.86. The summed E-state index contributed by atoms with van der Waals surface area (Å²) < 4.78 is 0.723. The van der Waals surface area contributed by atoms with Crippen LogP contribution in [0.5, 0.6) is 0 Å². The van der Waals surface area contributed by atoms with E-state index in [9.17, 15) is 4.79 Å². The number of aromatic nitrogens is 2. The van der Waals surface area contributed by atoms with Crippen molar-refractivity contribution in [1.29, 1.82) is 0 Å². The van der Waals surface area contributed by atoms with Crippen LogP contribution in [-0.2, 0) is 4.79 Å². The molecule has 1 heterocycles. The van der Waals surface area contributed by atoms with E-state index >= 15 is 0 Å². The zero-order valence-corrected chi connectivity index (χ0v) is 13.3. The SMILES string of the molecule is CCC(CC)CN(CC)c1nnc(SCC(=O)O)s1. The first-order chi connectivity index (χ1) is 9.10. The lowest BCUT2D eigenvalue weighted by molar-refractivity contribution is -0.133. The fraction of sp³-hybridized carbons (Fsp3) is 0.750. The van der Waals surface area contributed by atoms with Gasteiger partial charge in [-0.15, -0.1) is 10.2 Å². The molecule has 0 aliphatic carbocycles. The Kier molecular flexibility index (Phi) is 7.15. The summed E-state index contributed by atoms with van der Waals surface area (Å²) in [7, 11) is 0. The molecule has 1 aromatic heterocycles. The largest absolute Gasteiger partial charge is 0.481 e. The van der Waals surface area contributed by atoms with Gasteiger partial charge in [-0.2, -0.15) is 0 Å². The topological polar surface area (TPSA) is 66.3 Å². The minimum atomic E-state index is -0.828. The number of rotatable bonds is 9. The van der Waals surface area contributed by atoms with Crippen molar-refractivity contribution in [3.8, 4) is 0 Å². The summed E-state index contributed by atoms with van der Waals surface area (Å²) in [5.74, 6) is -0.127. The van der Waals surface area contributed by atoms with Crippen molar-refractivity contribution >= 4 is 34.2 Å². The molecule has 0 aromatic carbocycles. The zero-order valence-electron chi connectivity index (χ0n) is 11.6. The first kappa shape index (κ1) is 16.2. The fourth-order valence-electron chi connectivity index (χ4n) is 1.71. The highest BCUT2D eigenvalue weighted by Gasteiger charge is 2.15. The monoisotopic (exact) mass is 303 g/mol. The number of nitrogens with zero attached hydrogens (tertiary/aromatic N) is 3. The maximum Gasteiger partial charge on any atom is 0.313 e. The summed E-state index contributed by atoms with van der Waals surface area (Å²) >= 11 is 2.70. The molecule has 0 radical (unpaired) electrons. The Bertz CT molecular complexity index is 394. The Morgan fingerprint density at radius 1 is 1.37 bits per heavy atom. The summed E-state index contributed by atoms with van der Waals surface area (Å²) in [5, 5.41) is 17.7. The van der Waals surface area contributed by atoms with Crippen LogP contribution < -0.4 is 4.90 Å². The van der Waals surface area contributed by atoms with Gasteiger partial charge in [0.1, 0.15) is 0 Å². The molecule has 1 aromatic rings. The van der Waals surface area contributed by atoms with E-state index in [2.05, 4.69) is 35.9 Å². The second-order valence-corrected chi connectivity index (χ2v) is 6.43. The predicted molar refractivity (Wildman–Crippen MR) is 80.2 cm³/mol. The van der Waals surface area contributed by atoms with Crippen LogP contribution in [0.2, 0.25) is 0 Å². The number of aliphatic carboxylic acids is 1. The molecule has 0 bridgehead atoms. The van der Waals surface area contributed by atoms with E-state index in [0.717, 1.165) is 35.4 Å². The molecule has 0 atom stereocenters. The quantitative estimate of drug-likeness (QED) is 0.707. The molecule has 0 aliphatic heterocycles. The number of anilines is 1. The van der Waals surface area contributed by atoms with Crippen molar-refractivity contribution in [2.24, 2.45) is 5.92 Å². The van der Waals surface area contributed by atoms with Crippen LogP contribution in [-0.4, -0.2) is 40.1 Å². The Balaban J connectivity index is 2.63. The molecule has 1 N–H and O–H groups in total. The summed E-state index contributed by atoms with van der Waals surface area (Å²) in [6.45, 7) is 8.40. The van der Waals surface area contributed by atoms with Crippen LogP contribution in [0.3, 0.4) is 0 Å². The first-order valence-corrected chi connectivity index (χ1v) is 8.33. The lowest BCUT2D eigenvalue weighted by Crippen LogP contribution is -2.28. The van der Waals surface area contributed by atoms with Gasteiger partial charge in [-0.25, -0.2) is 0 Å². The summed E-state index contributed by atoms with van der Waals surface area (Å²) in [6, 6.07) is 0. The van der Waals surface area contributed by atoms with Crippen molar-refractivity contribution in [3.05, 3.63) is 0 Å². The lowest BCUT2D eigenvalue weighted by Gasteiger charge is -2.24. The molecule has 5 nitrogen and oxygen atoms in total. The Hall–Kier alpha value is -0.820. The Morgan fingerprint density at radius 2 is 2.05 bits per heavy atom. The number of hydrogen-bond acceptors (Lipinski definition) is 6. The third-order valence-corrected chi connectivity index (χ3v) is 5.10. The van der Waals surface area contributed by atoms with Crippen molar-refractivity contribution in [2.75, 3.05) is 23.7 Å². The standard InChI is InChI=1S/C12H21N3O2S2/c1-4-9(5-2)7-15(6-3)11-13-14-12(19-11)18-8-10(16)17/h9H,4-8H2,1-3H3,(H,16,17). The number of carboxylic acids is 1. The van der Waals surface area contributed by atoms with Gasteiger partial charge < -0.3 is 10.0 Å². The van der Waals surface area contributed by atoms with Gasteiger partial charge in [0.15, 0.2) is 4.34 Å². The molecule has 108 valence electrons. The van der Waals surface area contributed by atoms with Crippen LogP contribution in [0.15, 0.2) is 4.34 Å². The van der Waals surface area contributed by atoms with Crippen molar-refractivity contribution in [3.63, 3.8) is 0 Å². The maximum absolute atomic E-state index is 10.5. The molecule has 19 heavy (non-hydrogen) atoms. The molecule has 0 unspecified atom stereocenters. The molecule has 0 amide bonds. The van der Waals surface area contributed by atoms with Crippen molar-refractivity contribution < 1.29 is 9.90 Å². The summed E-state index contributed by atoms with van der Waals surface area (Å²) in [5.41, 5.74) is 0. The van der Waals surface area contributed by atoms with Gasteiger partial charge in [-0.05, 0) is 12.8 Å². The lowest BCUT2D eigenvalue weighted by atomic mass is 10.0. The fourth-order valence-corrected chi connectivity index (χ4v) is 3.35. The first-order valence-electron chi connectivity index (χ1n) is 6.53. The third kappa shape index (κ3) is 5.36. The van der Waals surface area contributed by atoms with Gasteiger partial charge in [-0.3, -0.25) is 4.79 Å². The third-order valence-electron chi connectivity index (χ3n) is 3.00. The van der Waals surface area contributed by atoms with Gasteiger partial charge in [-0.1, -0.05) is 49.8 Å². The highest BCUT2D eigenvalue weighted by Crippen LogP contribution is 2.28. The van der Waals surface area contributed by atoms with Crippen LogP contribution in [0.25, 0.3) is 0 Å². The highest BCUT2D eigenvalue weighted by molar-refractivity contribution is 8.01. The average molecular weight is 303 g/mol. The van der Waals surface area contributed by atoms with Gasteiger partial charge in [0.2, 0.25) is 5.13 Å². The molecule has 0 saturated heterocycles. The second-order valence-electron chi connectivity index (χ2n) is 4.25. The van der Waals surface area contributed by atoms with Crippen LogP contribution in [0.4, 0.5) is 5.13 Å². The van der Waals surface area contributed by atoms with E-state index in [4.69, 9.17) is 5.11 Å². The van der Waals surface area contributed by atoms with E-state index in [1.165, 1.54) is 23.1 Å². The summed E-state index contributed by atoms with van der Waals surface area (Å²) in [4.78, 5) is 12.7. The molecule has 7 heteroatoms.